The number of aryl methyl sites for hydroxylation is 1. The van der Waals surface area contributed by atoms with Crippen LogP contribution in [0.15, 0.2) is 0 Å². The van der Waals surface area contributed by atoms with Crippen molar-refractivity contribution >= 4 is 23.7 Å². The third kappa shape index (κ3) is 2.64. The zero-order valence-corrected chi connectivity index (χ0v) is 11.6. The van der Waals surface area contributed by atoms with Gasteiger partial charge >= 0.3 is 0 Å². The Morgan fingerprint density at radius 2 is 2.17 bits per heavy atom. The lowest BCUT2D eigenvalue weighted by atomic mass is 9.85. The molecule has 0 N–H and O–H groups in total. The van der Waals surface area contributed by atoms with Crippen LogP contribution < -0.4 is 4.90 Å². The van der Waals surface area contributed by atoms with E-state index in [9.17, 15) is 4.79 Å². The first-order valence-corrected chi connectivity index (χ1v) is 6.77. The number of hydrogen-bond acceptors (Lipinski definition) is 4. The SMILES string of the molecule is CCN(CC1CCC1)c1nc(C)nc(Cl)c1C=O. The molecule has 1 aromatic heterocycles. The van der Waals surface area contributed by atoms with Gasteiger partial charge in [0, 0.05) is 13.1 Å². The molecule has 1 aliphatic carbocycles. The van der Waals surface area contributed by atoms with Gasteiger partial charge in [-0.25, -0.2) is 9.97 Å². The molecule has 5 heteroatoms. The summed E-state index contributed by atoms with van der Waals surface area (Å²) in [5, 5.41) is 0.250. The Labute approximate surface area is 112 Å². The second kappa shape index (κ2) is 5.65. The van der Waals surface area contributed by atoms with E-state index in [1.807, 2.05) is 0 Å². The van der Waals surface area contributed by atoms with Crippen LogP contribution in [0.4, 0.5) is 5.82 Å². The molecule has 1 heterocycles. The lowest BCUT2D eigenvalue weighted by molar-refractivity contribution is 0.112. The summed E-state index contributed by atoms with van der Waals surface area (Å²) in [6.45, 7) is 5.63. The van der Waals surface area contributed by atoms with E-state index in [1.165, 1.54) is 19.3 Å². The number of rotatable bonds is 5. The first-order chi connectivity index (χ1) is 8.65. The van der Waals surface area contributed by atoms with E-state index in [-0.39, 0.29) is 5.15 Å². The molecule has 18 heavy (non-hydrogen) atoms. The normalized spacial score (nSPS) is 15.3. The van der Waals surface area contributed by atoms with Crippen LogP contribution in [-0.4, -0.2) is 29.3 Å². The molecule has 98 valence electrons. The van der Waals surface area contributed by atoms with Crippen molar-refractivity contribution in [1.82, 2.24) is 9.97 Å². The maximum Gasteiger partial charge on any atom is 0.156 e. The van der Waals surface area contributed by atoms with Gasteiger partial charge in [0.2, 0.25) is 0 Å². The van der Waals surface area contributed by atoms with E-state index >= 15 is 0 Å². The van der Waals surface area contributed by atoms with Gasteiger partial charge < -0.3 is 4.90 Å². The minimum Gasteiger partial charge on any atom is -0.356 e. The molecule has 0 aromatic carbocycles. The topological polar surface area (TPSA) is 46.1 Å². The quantitative estimate of drug-likeness (QED) is 0.608. The van der Waals surface area contributed by atoms with Crippen molar-refractivity contribution in [3.63, 3.8) is 0 Å². The van der Waals surface area contributed by atoms with E-state index in [0.29, 0.717) is 17.2 Å². The molecule has 0 atom stereocenters. The number of nitrogens with zero attached hydrogens (tertiary/aromatic N) is 3. The van der Waals surface area contributed by atoms with E-state index in [0.717, 1.165) is 25.3 Å². The van der Waals surface area contributed by atoms with Crippen molar-refractivity contribution in [1.29, 1.82) is 0 Å². The predicted molar refractivity (Wildman–Crippen MR) is 72.4 cm³/mol. The third-order valence-corrected chi connectivity index (χ3v) is 3.78. The van der Waals surface area contributed by atoms with Crippen LogP contribution in [-0.2, 0) is 0 Å². The number of hydrogen-bond donors (Lipinski definition) is 0. The molecule has 0 radical (unpaired) electrons. The summed E-state index contributed by atoms with van der Waals surface area (Å²) in [4.78, 5) is 21.7. The second-order valence-corrected chi connectivity index (χ2v) is 5.11. The molecule has 0 unspecified atom stereocenters. The Morgan fingerprint density at radius 3 is 2.67 bits per heavy atom. The van der Waals surface area contributed by atoms with Gasteiger partial charge in [-0.2, -0.15) is 0 Å². The van der Waals surface area contributed by atoms with Crippen LogP contribution in [0, 0.1) is 12.8 Å². The van der Waals surface area contributed by atoms with Crippen LogP contribution in [0.25, 0.3) is 0 Å². The molecular formula is C13H18ClN3O. The summed E-state index contributed by atoms with van der Waals surface area (Å²) >= 11 is 6.01. The summed E-state index contributed by atoms with van der Waals surface area (Å²) < 4.78 is 0. The maximum absolute atomic E-state index is 11.2. The monoisotopic (exact) mass is 267 g/mol. The van der Waals surface area contributed by atoms with Crippen LogP contribution in [0.2, 0.25) is 5.15 Å². The fraction of sp³-hybridized carbons (Fsp3) is 0.615. The molecule has 1 saturated carbocycles. The van der Waals surface area contributed by atoms with E-state index < -0.39 is 0 Å². The van der Waals surface area contributed by atoms with Gasteiger partial charge in [0.1, 0.15) is 16.8 Å². The molecule has 0 spiro atoms. The molecule has 1 aliphatic rings. The molecule has 0 amide bonds. The maximum atomic E-state index is 11.2. The summed E-state index contributed by atoms with van der Waals surface area (Å²) in [5.41, 5.74) is 0.406. The van der Waals surface area contributed by atoms with Crippen molar-refractivity contribution in [2.75, 3.05) is 18.0 Å². The van der Waals surface area contributed by atoms with Crippen LogP contribution >= 0.6 is 11.6 Å². The van der Waals surface area contributed by atoms with Gasteiger partial charge in [0.05, 0.1) is 5.56 Å². The van der Waals surface area contributed by atoms with Crippen LogP contribution in [0.1, 0.15) is 42.4 Å². The number of aromatic nitrogens is 2. The van der Waals surface area contributed by atoms with Gasteiger partial charge in [-0.15, -0.1) is 0 Å². The molecule has 1 fully saturated rings. The molecule has 1 aromatic rings. The Bertz CT molecular complexity index is 446. The molecule has 0 saturated heterocycles. The average molecular weight is 268 g/mol. The van der Waals surface area contributed by atoms with Crippen LogP contribution in [0.5, 0.6) is 0 Å². The highest BCUT2D eigenvalue weighted by Gasteiger charge is 2.23. The Kier molecular flexibility index (Phi) is 4.17. The van der Waals surface area contributed by atoms with Gasteiger partial charge in [0.25, 0.3) is 0 Å². The molecular weight excluding hydrogens is 250 g/mol. The zero-order chi connectivity index (χ0) is 13.1. The number of halogens is 1. The van der Waals surface area contributed by atoms with Crippen molar-refractivity contribution in [3.8, 4) is 0 Å². The standard InChI is InChI=1S/C13H18ClN3O/c1-3-17(7-10-5-4-6-10)13-11(8-18)12(14)15-9(2)16-13/h8,10H,3-7H2,1-2H3. The zero-order valence-electron chi connectivity index (χ0n) is 10.8. The highest BCUT2D eigenvalue weighted by molar-refractivity contribution is 6.32. The molecule has 0 aliphatic heterocycles. The first kappa shape index (κ1) is 13.3. The van der Waals surface area contributed by atoms with Crippen molar-refractivity contribution in [3.05, 3.63) is 16.5 Å². The summed E-state index contributed by atoms with van der Waals surface area (Å²) in [7, 11) is 0. The second-order valence-electron chi connectivity index (χ2n) is 4.75. The lowest BCUT2D eigenvalue weighted by Gasteiger charge is -2.33. The number of aldehydes is 1. The van der Waals surface area contributed by atoms with E-state index in [1.54, 1.807) is 6.92 Å². The average Bonchev–Trinajstić information content (AvgIpc) is 2.27. The van der Waals surface area contributed by atoms with Gasteiger partial charge in [-0.3, -0.25) is 4.79 Å². The van der Waals surface area contributed by atoms with Crippen molar-refractivity contribution in [2.24, 2.45) is 5.92 Å². The fourth-order valence-electron chi connectivity index (χ4n) is 2.23. The minimum absolute atomic E-state index is 0.250. The summed E-state index contributed by atoms with van der Waals surface area (Å²) in [6.07, 6.45) is 4.60. The Morgan fingerprint density at radius 1 is 1.44 bits per heavy atom. The smallest absolute Gasteiger partial charge is 0.156 e. The Hall–Kier alpha value is -1.16. The van der Waals surface area contributed by atoms with Gasteiger partial charge in [0.15, 0.2) is 6.29 Å². The molecule has 4 nitrogen and oxygen atoms in total. The highest BCUT2D eigenvalue weighted by Crippen LogP contribution is 2.30. The molecule has 0 bridgehead atoms. The predicted octanol–water partition coefficient (Wildman–Crippen LogP) is 2.88. The van der Waals surface area contributed by atoms with Gasteiger partial charge in [-0.05, 0) is 32.6 Å². The van der Waals surface area contributed by atoms with Crippen molar-refractivity contribution in [2.45, 2.75) is 33.1 Å². The van der Waals surface area contributed by atoms with E-state index in [2.05, 4.69) is 21.8 Å². The fourth-order valence-corrected chi connectivity index (χ4v) is 2.48. The Balaban J connectivity index is 2.30. The minimum atomic E-state index is 0.250. The number of anilines is 1. The number of carbonyl (C=O) groups is 1. The van der Waals surface area contributed by atoms with Gasteiger partial charge in [-0.1, -0.05) is 18.0 Å². The summed E-state index contributed by atoms with van der Waals surface area (Å²) in [5.74, 6) is 2.00. The number of carbonyl (C=O) groups excluding carboxylic acids is 1. The van der Waals surface area contributed by atoms with E-state index in [4.69, 9.17) is 11.6 Å². The largest absolute Gasteiger partial charge is 0.356 e. The van der Waals surface area contributed by atoms with Crippen LogP contribution in [0.3, 0.4) is 0 Å². The first-order valence-electron chi connectivity index (χ1n) is 6.40. The third-order valence-electron chi connectivity index (χ3n) is 3.49. The van der Waals surface area contributed by atoms with Crippen molar-refractivity contribution < 1.29 is 4.79 Å². The lowest BCUT2D eigenvalue weighted by Crippen LogP contribution is -2.34. The summed E-state index contributed by atoms with van der Waals surface area (Å²) in [6, 6.07) is 0. The highest BCUT2D eigenvalue weighted by atomic mass is 35.5. The molecule has 2 rings (SSSR count).